The van der Waals surface area contributed by atoms with Crippen LogP contribution in [0.5, 0.6) is 0 Å². The minimum absolute atomic E-state index is 0.130. The molecule has 0 aromatic carbocycles. The van der Waals surface area contributed by atoms with Crippen LogP contribution in [0.2, 0.25) is 0 Å². The van der Waals surface area contributed by atoms with E-state index in [-0.39, 0.29) is 5.91 Å². The average Bonchev–Trinajstić information content (AvgIpc) is 2.73. The molecule has 5 heteroatoms. The lowest BCUT2D eigenvalue weighted by atomic mass is 10.1. The number of nitrogens with two attached hydrogens (primary N) is 2. The van der Waals surface area contributed by atoms with E-state index in [0.717, 1.165) is 19.3 Å². The lowest BCUT2D eigenvalue weighted by Crippen LogP contribution is -2.50. The number of unbranched alkanes of at least 4 members (excludes halogenated alkanes) is 1. The summed E-state index contributed by atoms with van der Waals surface area (Å²) in [5.41, 5.74) is 11.1. The molecule has 16 heavy (non-hydrogen) atoms. The molecule has 1 aliphatic heterocycles. The second-order valence-electron chi connectivity index (χ2n) is 4.34. The highest BCUT2D eigenvalue weighted by Crippen LogP contribution is 2.18. The van der Waals surface area contributed by atoms with Gasteiger partial charge in [0.2, 0.25) is 11.8 Å². The first-order valence-electron chi connectivity index (χ1n) is 5.93. The van der Waals surface area contributed by atoms with Crippen molar-refractivity contribution in [3.8, 4) is 0 Å². The molecule has 0 unspecified atom stereocenters. The third-order valence-corrected chi connectivity index (χ3v) is 3.05. The molecule has 0 aromatic rings. The van der Waals surface area contributed by atoms with Gasteiger partial charge in [0.05, 0.1) is 6.04 Å². The molecule has 1 rings (SSSR count). The van der Waals surface area contributed by atoms with Crippen molar-refractivity contribution in [1.82, 2.24) is 4.90 Å². The molecule has 2 amide bonds. The second-order valence-corrected chi connectivity index (χ2v) is 4.34. The molecule has 92 valence electrons. The monoisotopic (exact) mass is 227 g/mol. The van der Waals surface area contributed by atoms with Crippen molar-refractivity contribution in [2.45, 2.75) is 51.1 Å². The van der Waals surface area contributed by atoms with E-state index in [1.807, 2.05) is 0 Å². The summed E-state index contributed by atoms with van der Waals surface area (Å²) in [6.45, 7) is 2.66. The third kappa shape index (κ3) is 2.95. The van der Waals surface area contributed by atoms with Crippen LogP contribution in [0.25, 0.3) is 0 Å². The number of rotatable bonds is 5. The molecule has 1 heterocycles. The van der Waals surface area contributed by atoms with Crippen LogP contribution in [0.4, 0.5) is 0 Å². The Bertz CT molecular complexity index is 268. The maximum absolute atomic E-state index is 12.0. The fourth-order valence-electron chi connectivity index (χ4n) is 2.09. The van der Waals surface area contributed by atoms with Gasteiger partial charge in [-0.2, -0.15) is 0 Å². The number of likely N-dealkylation sites (tertiary alicyclic amines) is 1. The van der Waals surface area contributed by atoms with Crippen molar-refractivity contribution in [3.05, 3.63) is 0 Å². The number of amides is 2. The summed E-state index contributed by atoms with van der Waals surface area (Å²) < 4.78 is 0. The maximum atomic E-state index is 12.0. The van der Waals surface area contributed by atoms with Crippen molar-refractivity contribution in [2.24, 2.45) is 11.5 Å². The maximum Gasteiger partial charge on any atom is 0.240 e. The van der Waals surface area contributed by atoms with E-state index in [1.165, 1.54) is 0 Å². The van der Waals surface area contributed by atoms with Crippen LogP contribution < -0.4 is 11.5 Å². The molecule has 0 aromatic heterocycles. The summed E-state index contributed by atoms with van der Waals surface area (Å²) in [4.78, 5) is 24.6. The Hall–Kier alpha value is -1.10. The Morgan fingerprint density at radius 2 is 2.19 bits per heavy atom. The van der Waals surface area contributed by atoms with Gasteiger partial charge >= 0.3 is 0 Å². The number of carbonyl (C=O) groups excluding carboxylic acids is 2. The summed E-state index contributed by atoms with van der Waals surface area (Å²) >= 11 is 0. The molecule has 4 N–H and O–H groups in total. The Kier molecular flexibility index (Phi) is 4.73. The molecule has 0 radical (unpaired) electrons. The van der Waals surface area contributed by atoms with E-state index >= 15 is 0 Å². The van der Waals surface area contributed by atoms with Gasteiger partial charge in [0.1, 0.15) is 6.04 Å². The van der Waals surface area contributed by atoms with E-state index in [1.54, 1.807) is 4.90 Å². The van der Waals surface area contributed by atoms with E-state index in [9.17, 15) is 9.59 Å². The second kappa shape index (κ2) is 5.84. The first kappa shape index (κ1) is 13.0. The number of hydrogen-bond donors (Lipinski definition) is 2. The summed E-state index contributed by atoms with van der Waals surface area (Å²) in [6.07, 6.45) is 4.13. The molecule has 0 aliphatic carbocycles. The zero-order valence-corrected chi connectivity index (χ0v) is 9.82. The molecule has 0 spiro atoms. The van der Waals surface area contributed by atoms with Gasteiger partial charge in [-0.05, 0) is 19.3 Å². The standard InChI is InChI=1S/C11H21N3O2/c1-2-3-5-8(12)11(16)14-7-4-6-9(14)10(13)15/h8-9H,2-7,12H2,1H3,(H2,13,15)/t8-,9-/m0/s1. The average molecular weight is 227 g/mol. The van der Waals surface area contributed by atoms with Crippen LogP contribution in [-0.2, 0) is 9.59 Å². The van der Waals surface area contributed by atoms with Gasteiger partial charge in [0.15, 0.2) is 0 Å². The van der Waals surface area contributed by atoms with Crippen LogP contribution in [-0.4, -0.2) is 35.3 Å². The van der Waals surface area contributed by atoms with E-state index in [0.29, 0.717) is 19.4 Å². The Labute approximate surface area is 96.1 Å². The minimum atomic E-state index is -0.486. The van der Waals surface area contributed by atoms with Gasteiger partial charge < -0.3 is 16.4 Å². The summed E-state index contributed by atoms with van der Waals surface area (Å²) in [6, 6.07) is -0.930. The van der Waals surface area contributed by atoms with Gasteiger partial charge in [0, 0.05) is 6.54 Å². The lowest BCUT2D eigenvalue weighted by molar-refractivity contribution is -0.138. The molecule has 1 fully saturated rings. The Morgan fingerprint density at radius 1 is 1.50 bits per heavy atom. The van der Waals surface area contributed by atoms with Crippen LogP contribution in [0.1, 0.15) is 39.0 Å². The molecule has 5 nitrogen and oxygen atoms in total. The van der Waals surface area contributed by atoms with Crippen LogP contribution in [0, 0.1) is 0 Å². The smallest absolute Gasteiger partial charge is 0.240 e. The van der Waals surface area contributed by atoms with E-state index in [4.69, 9.17) is 11.5 Å². The van der Waals surface area contributed by atoms with Crippen LogP contribution in [0.3, 0.4) is 0 Å². The van der Waals surface area contributed by atoms with Crippen LogP contribution in [0.15, 0.2) is 0 Å². The molecule has 1 saturated heterocycles. The minimum Gasteiger partial charge on any atom is -0.368 e. The lowest BCUT2D eigenvalue weighted by Gasteiger charge is -2.25. The van der Waals surface area contributed by atoms with Gasteiger partial charge in [-0.3, -0.25) is 9.59 Å². The summed E-state index contributed by atoms with van der Waals surface area (Å²) in [5, 5.41) is 0. The van der Waals surface area contributed by atoms with Crippen molar-refractivity contribution >= 4 is 11.8 Å². The van der Waals surface area contributed by atoms with Gasteiger partial charge in [-0.25, -0.2) is 0 Å². The fraction of sp³-hybridized carbons (Fsp3) is 0.818. The first-order chi connectivity index (χ1) is 7.57. The normalized spacial score (nSPS) is 22.1. The molecule has 0 saturated carbocycles. The van der Waals surface area contributed by atoms with E-state index in [2.05, 4.69) is 6.92 Å². The highest BCUT2D eigenvalue weighted by atomic mass is 16.2. The largest absolute Gasteiger partial charge is 0.368 e. The van der Waals surface area contributed by atoms with Crippen molar-refractivity contribution in [2.75, 3.05) is 6.54 Å². The van der Waals surface area contributed by atoms with E-state index < -0.39 is 18.0 Å². The third-order valence-electron chi connectivity index (χ3n) is 3.05. The first-order valence-corrected chi connectivity index (χ1v) is 5.93. The highest BCUT2D eigenvalue weighted by Gasteiger charge is 2.34. The van der Waals surface area contributed by atoms with Gasteiger partial charge in [-0.15, -0.1) is 0 Å². The number of nitrogens with zero attached hydrogens (tertiary/aromatic N) is 1. The molecule has 2 atom stereocenters. The van der Waals surface area contributed by atoms with Crippen molar-refractivity contribution in [1.29, 1.82) is 0 Å². The number of hydrogen-bond acceptors (Lipinski definition) is 3. The topological polar surface area (TPSA) is 89.4 Å². The highest BCUT2D eigenvalue weighted by molar-refractivity contribution is 5.89. The number of primary amides is 1. The molecule has 0 bridgehead atoms. The molecular formula is C11H21N3O2. The van der Waals surface area contributed by atoms with Crippen molar-refractivity contribution < 1.29 is 9.59 Å². The van der Waals surface area contributed by atoms with Crippen LogP contribution >= 0.6 is 0 Å². The zero-order valence-electron chi connectivity index (χ0n) is 9.82. The van der Waals surface area contributed by atoms with Gasteiger partial charge in [0.25, 0.3) is 0 Å². The zero-order chi connectivity index (χ0) is 12.1. The molecular weight excluding hydrogens is 206 g/mol. The Balaban J connectivity index is 2.55. The molecule has 1 aliphatic rings. The quantitative estimate of drug-likeness (QED) is 0.691. The predicted octanol–water partition coefficient (Wildman–Crippen LogP) is -0.0198. The Morgan fingerprint density at radius 3 is 2.75 bits per heavy atom. The predicted molar refractivity (Wildman–Crippen MR) is 61.4 cm³/mol. The van der Waals surface area contributed by atoms with Gasteiger partial charge in [-0.1, -0.05) is 19.8 Å². The number of carbonyl (C=O) groups is 2. The summed E-state index contributed by atoms with van der Waals surface area (Å²) in [7, 11) is 0. The van der Waals surface area contributed by atoms with Crippen molar-refractivity contribution in [3.63, 3.8) is 0 Å². The SMILES string of the molecule is CCCC[C@H](N)C(=O)N1CCC[C@H]1C(N)=O. The summed E-state index contributed by atoms with van der Waals surface area (Å²) in [5.74, 6) is -0.553. The fourth-order valence-corrected chi connectivity index (χ4v) is 2.09.